The van der Waals surface area contributed by atoms with Crippen LogP contribution in [0.5, 0.6) is 0 Å². The Hall–Kier alpha value is -1.46. The molecule has 1 N–H and O–H groups in total. The van der Waals surface area contributed by atoms with Crippen LogP contribution >= 0.6 is 11.3 Å². The molecule has 2 aromatic heterocycles. The Morgan fingerprint density at radius 3 is 2.63 bits per heavy atom. The first kappa shape index (κ1) is 14.0. The second-order valence-electron chi connectivity index (χ2n) is 4.66. The summed E-state index contributed by atoms with van der Waals surface area (Å²) in [6.07, 6.45) is 0. The van der Waals surface area contributed by atoms with E-state index in [0.717, 1.165) is 30.3 Å². The Labute approximate surface area is 118 Å². The molecule has 0 bridgehead atoms. The number of hydrogen-bond donors (Lipinski definition) is 1. The van der Waals surface area contributed by atoms with Crippen LogP contribution in [0.1, 0.15) is 21.8 Å². The second-order valence-corrected chi connectivity index (χ2v) is 5.60. The Morgan fingerprint density at radius 2 is 2.05 bits per heavy atom. The lowest BCUT2D eigenvalue weighted by molar-refractivity contribution is 0.800. The van der Waals surface area contributed by atoms with Crippen LogP contribution in [0.15, 0.2) is 17.6 Å². The fraction of sp³-hybridized carbons (Fsp3) is 0.429. The lowest BCUT2D eigenvalue weighted by atomic mass is 10.2. The van der Waals surface area contributed by atoms with Gasteiger partial charge in [0.1, 0.15) is 5.82 Å². The molecule has 0 amide bonds. The SMILES string of the molecule is CNCc1ccc(N(C)Cc2scnc2C)nc1C. The van der Waals surface area contributed by atoms with E-state index in [1.54, 1.807) is 11.3 Å². The van der Waals surface area contributed by atoms with E-state index >= 15 is 0 Å². The van der Waals surface area contributed by atoms with Crippen LogP contribution in [0.4, 0.5) is 5.82 Å². The maximum atomic E-state index is 4.67. The first-order chi connectivity index (χ1) is 9.11. The molecule has 0 aromatic carbocycles. The molecule has 2 aromatic rings. The van der Waals surface area contributed by atoms with E-state index in [0.29, 0.717) is 0 Å². The van der Waals surface area contributed by atoms with Crippen molar-refractivity contribution >= 4 is 17.2 Å². The van der Waals surface area contributed by atoms with Gasteiger partial charge in [-0.25, -0.2) is 9.97 Å². The number of hydrogen-bond acceptors (Lipinski definition) is 5. The quantitative estimate of drug-likeness (QED) is 0.911. The van der Waals surface area contributed by atoms with Crippen LogP contribution < -0.4 is 10.2 Å². The molecule has 102 valence electrons. The highest BCUT2D eigenvalue weighted by Gasteiger charge is 2.09. The monoisotopic (exact) mass is 276 g/mol. The number of pyridine rings is 1. The average Bonchev–Trinajstić information content (AvgIpc) is 2.78. The van der Waals surface area contributed by atoms with Crippen molar-refractivity contribution in [1.29, 1.82) is 0 Å². The zero-order valence-electron chi connectivity index (χ0n) is 11.9. The van der Waals surface area contributed by atoms with Crippen molar-refractivity contribution in [2.45, 2.75) is 26.9 Å². The molecule has 0 radical (unpaired) electrons. The van der Waals surface area contributed by atoms with E-state index < -0.39 is 0 Å². The average molecular weight is 276 g/mol. The van der Waals surface area contributed by atoms with E-state index in [4.69, 9.17) is 0 Å². The van der Waals surface area contributed by atoms with Crippen LogP contribution in [0.3, 0.4) is 0 Å². The molecule has 5 heteroatoms. The lowest BCUT2D eigenvalue weighted by Gasteiger charge is -2.19. The third-order valence-electron chi connectivity index (χ3n) is 3.16. The van der Waals surface area contributed by atoms with Crippen molar-refractivity contribution in [3.8, 4) is 0 Å². The second kappa shape index (κ2) is 6.12. The molecule has 0 aliphatic carbocycles. The summed E-state index contributed by atoms with van der Waals surface area (Å²) in [4.78, 5) is 12.4. The Bertz CT molecular complexity index is 550. The molecular weight excluding hydrogens is 256 g/mol. The first-order valence-corrected chi connectivity index (χ1v) is 7.21. The van der Waals surface area contributed by atoms with Crippen molar-refractivity contribution in [2.24, 2.45) is 0 Å². The van der Waals surface area contributed by atoms with Gasteiger partial charge in [-0.2, -0.15) is 0 Å². The summed E-state index contributed by atoms with van der Waals surface area (Å²) in [6, 6.07) is 4.22. The maximum Gasteiger partial charge on any atom is 0.128 e. The van der Waals surface area contributed by atoms with Crippen LogP contribution in [0.2, 0.25) is 0 Å². The van der Waals surface area contributed by atoms with Crippen molar-refractivity contribution in [3.63, 3.8) is 0 Å². The van der Waals surface area contributed by atoms with Gasteiger partial charge < -0.3 is 10.2 Å². The van der Waals surface area contributed by atoms with E-state index in [9.17, 15) is 0 Å². The zero-order chi connectivity index (χ0) is 13.8. The van der Waals surface area contributed by atoms with Crippen LogP contribution in [0.25, 0.3) is 0 Å². The Kier molecular flexibility index (Phi) is 4.50. The van der Waals surface area contributed by atoms with Crippen molar-refractivity contribution in [2.75, 3.05) is 19.0 Å². The van der Waals surface area contributed by atoms with Gasteiger partial charge in [0, 0.05) is 24.2 Å². The predicted octanol–water partition coefficient (Wildman–Crippen LogP) is 2.51. The van der Waals surface area contributed by atoms with Crippen molar-refractivity contribution in [1.82, 2.24) is 15.3 Å². The van der Waals surface area contributed by atoms with Gasteiger partial charge in [0.2, 0.25) is 0 Å². The van der Waals surface area contributed by atoms with E-state index in [-0.39, 0.29) is 0 Å². The highest BCUT2D eigenvalue weighted by atomic mass is 32.1. The van der Waals surface area contributed by atoms with Gasteiger partial charge in [-0.05, 0) is 32.5 Å². The summed E-state index contributed by atoms with van der Waals surface area (Å²) in [5.74, 6) is 1.00. The van der Waals surface area contributed by atoms with Gasteiger partial charge in [0.05, 0.1) is 17.7 Å². The third kappa shape index (κ3) is 3.30. The number of nitrogens with zero attached hydrogens (tertiary/aromatic N) is 3. The minimum absolute atomic E-state index is 0.855. The molecule has 2 heterocycles. The molecule has 0 spiro atoms. The highest BCUT2D eigenvalue weighted by Crippen LogP contribution is 2.19. The maximum absolute atomic E-state index is 4.67. The summed E-state index contributed by atoms with van der Waals surface area (Å²) >= 11 is 1.70. The Morgan fingerprint density at radius 1 is 1.26 bits per heavy atom. The molecule has 0 saturated carbocycles. The van der Waals surface area contributed by atoms with Crippen LogP contribution in [0, 0.1) is 13.8 Å². The largest absolute Gasteiger partial charge is 0.354 e. The summed E-state index contributed by atoms with van der Waals surface area (Å²) in [6.45, 7) is 5.82. The molecule has 0 saturated heterocycles. The molecule has 0 atom stereocenters. The number of nitrogens with one attached hydrogen (secondary N) is 1. The van der Waals surface area contributed by atoms with Gasteiger partial charge in [-0.3, -0.25) is 0 Å². The van der Waals surface area contributed by atoms with Crippen molar-refractivity contribution in [3.05, 3.63) is 39.5 Å². The zero-order valence-corrected chi connectivity index (χ0v) is 12.7. The van der Waals surface area contributed by atoms with E-state index in [1.807, 2.05) is 19.5 Å². The fourth-order valence-corrected chi connectivity index (χ4v) is 2.77. The molecular formula is C14H20N4S. The van der Waals surface area contributed by atoms with Crippen molar-refractivity contribution < 1.29 is 0 Å². The molecule has 0 unspecified atom stereocenters. The number of aromatic nitrogens is 2. The highest BCUT2D eigenvalue weighted by molar-refractivity contribution is 7.09. The van der Waals surface area contributed by atoms with Gasteiger partial charge in [-0.1, -0.05) is 6.07 Å². The molecule has 2 rings (SSSR count). The van der Waals surface area contributed by atoms with Gasteiger partial charge in [-0.15, -0.1) is 11.3 Å². The predicted molar refractivity (Wildman–Crippen MR) is 80.7 cm³/mol. The molecule has 0 aliphatic heterocycles. The Balaban J connectivity index is 2.13. The minimum Gasteiger partial charge on any atom is -0.354 e. The summed E-state index contributed by atoms with van der Waals surface area (Å²) in [5, 5.41) is 3.16. The van der Waals surface area contributed by atoms with E-state index in [1.165, 1.54) is 10.4 Å². The van der Waals surface area contributed by atoms with E-state index in [2.05, 4.69) is 46.3 Å². The molecule has 0 fully saturated rings. The molecule has 0 aliphatic rings. The smallest absolute Gasteiger partial charge is 0.128 e. The third-order valence-corrected chi connectivity index (χ3v) is 4.08. The first-order valence-electron chi connectivity index (χ1n) is 6.33. The van der Waals surface area contributed by atoms with Crippen LogP contribution in [-0.4, -0.2) is 24.1 Å². The lowest BCUT2D eigenvalue weighted by Crippen LogP contribution is -2.18. The molecule has 4 nitrogen and oxygen atoms in total. The summed E-state index contributed by atoms with van der Waals surface area (Å²) in [7, 11) is 4.02. The number of thiazole rings is 1. The topological polar surface area (TPSA) is 41.0 Å². The number of rotatable bonds is 5. The minimum atomic E-state index is 0.855. The van der Waals surface area contributed by atoms with Gasteiger partial charge >= 0.3 is 0 Å². The fourth-order valence-electron chi connectivity index (χ4n) is 1.94. The van der Waals surface area contributed by atoms with Crippen LogP contribution in [-0.2, 0) is 13.1 Å². The summed E-state index contributed by atoms with van der Waals surface area (Å²) < 4.78 is 0. The number of anilines is 1. The number of aryl methyl sites for hydroxylation is 2. The standard InChI is InChI=1S/C14H20N4S/c1-10-12(7-15-3)5-6-14(17-10)18(4)8-13-11(2)16-9-19-13/h5-6,9,15H,7-8H2,1-4H3. The summed E-state index contributed by atoms with van der Waals surface area (Å²) in [5.41, 5.74) is 5.33. The van der Waals surface area contributed by atoms with Gasteiger partial charge in [0.25, 0.3) is 0 Å². The normalized spacial score (nSPS) is 10.7. The van der Waals surface area contributed by atoms with Gasteiger partial charge in [0.15, 0.2) is 0 Å². The molecule has 19 heavy (non-hydrogen) atoms.